The summed E-state index contributed by atoms with van der Waals surface area (Å²) in [6.07, 6.45) is 0. The van der Waals surface area contributed by atoms with Gasteiger partial charge in [-0.2, -0.15) is 0 Å². The van der Waals surface area contributed by atoms with Crippen LogP contribution in [0.5, 0.6) is 0 Å². The van der Waals surface area contributed by atoms with Crippen molar-refractivity contribution in [2.45, 2.75) is 43.6 Å². The van der Waals surface area contributed by atoms with Crippen LogP contribution in [0.1, 0.15) is 43.6 Å². The molecule has 0 aliphatic rings. The first-order valence-electron chi connectivity index (χ1n) is 5.72. The van der Waals surface area contributed by atoms with Crippen LogP contribution < -0.4 is 0 Å². The number of hydrogen-bond acceptors (Lipinski definition) is 8. The Kier molecular flexibility index (Phi) is 167. The first-order valence-corrected chi connectivity index (χ1v) is 5.72. The molecule has 0 N–H and O–H groups in total. The fraction of sp³-hybridized carbons (Fsp3) is 0.875. The maximum Gasteiger partial charge on any atom is 0.295 e. The molecule has 0 spiro atoms. The molecule has 24 heavy (non-hydrogen) atoms. The molecule has 0 radical (unpaired) electrons. The van der Waals surface area contributed by atoms with Gasteiger partial charge >= 0.3 is 0 Å². The number of rotatable bonds is 8. The minimum Gasteiger partial charge on any atom is -0.441 e. The first kappa shape index (κ1) is 49.5. The molecule has 0 saturated carbocycles. The normalized spacial score (nSPS) is 6.25. The third-order valence-electron chi connectivity index (χ3n) is 1.09. The van der Waals surface area contributed by atoms with E-state index in [1.165, 1.54) is 14.2 Å². The van der Waals surface area contributed by atoms with Gasteiger partial charge in [0.25, 0.3) is 12.9 Å². The summed E-state index contributed by atoms with van der Waals surface area (Å²) in [5.41, 5.74) is 0. The van der Waals surface area contributed by atoms with Gasteiger partial charge in [-0.25, -0.2) is 0 Å². The van der Waals surface area contributed by atoms with E-state index in [1.54, 1.807) is 14.2 Å². The van der Waals surface area contributed by atoms with Crippen LogP contribution in [0, 0.1) is 0 Å². The van der Waals surface area contributed by atoms with Crippen molar-refractivity contribution in [3.63, 3.8) is 0 Å². The van der Waals surface area contributed by atoms with Gasteiger partial charge in [-0.15, -0.1) is 0 Å². The van der Waals surface area contributed by atoms with Crippen LogP contribution in [0.2, 0.25) is 0 Å². The Morgan fingerprint density at radius 1 is 0.583 bits per heavy atom. The van der Waals surface area contributed by atoms with E-state index >= 15 is 0 Å². The molecule has 0 saturated heterocycles. The largest absolute Gasteiger partial charge is 0.441 e. The molecule has 0 atom stereocenters. The Hall–Kier alpha value is -1.22. The van der Waals surface area contributed by atoms with Crippen molar-refractivity contribution in [3.05, 3.63) is 0 Å². The fourth-order valence-corrected chi connectivity index (χ4v) is 0.192. The van der Waals surface area contributed by atoms with E-state index in [0.717, 1.165) is 13.2 Å². The van der Waals surface area contributed by atoms with E-state index < -0.39 is 0 Å². The Morgan fingerprint density at radius 3 is 0.833 bits per heavy atom. The lowest BCUT2D eigenvalue weighted by molar-refractivity contribution is -0.139. The maximum absolute atomic E-state index is 9.26. The SMILES string of the molecule is C.C.C.C.CCOC.CCOC.COCOC=O.COCOC=O. The molecule has 0 aliphatic carbocycles. The van der Waals surface area contributed by atoms with Crippen molar-refractivity contribution >= 4 is 12.9 Å². The summed E-state index contributed by atoms with van der Waals surface area (Å²) in [5, 5.41) is 0. The summed E-state index contributed by atoms with van der Waals surface area (Å²) >= 11 is 0. The van der Waals surface area contributed by atoms with Crippen molar-refractivity contribution in [1.82, 2.24) is 0 Å². The molecule has 156 valence electrons. The first-order chi connectivity index (χ1) is 9.66. The highest BCUT2D eigenvalue weighted by Gasteiger charge is 1.70. The molecule has 8 nitrogen and oxygen atoms in total. The van der Waals surface area contributed by atoms with Crippen LogP contribution in [0.3, 0.4) is 0 Å². The van der Waals surface area contributed by atoms with Crippen LogP contribution in [0.4, 0.5) is 0 Å². The molecule has 0 fully saturated rings. The van der Waals surface area contributed by atoms with Gasteiger partial charge in [0.1, 0.15) is 0 Å². The molecule has 0 rings (SSSR count). The molecule has 0 bridgehead atoms. The van der Waals surface area contributed by atoms with Crippen LogP contribution >= 0.6 is 0 Å². The van der Waals surface area contributed by atoms with Crippen molar-refractivity contribution < 1.29 is 38.0 Å². The highest BCUT2D eigenvalue weighted by atomic mass is 16.7. The molecule has 0 aromatic rings. The van der Waals surface area contributed by atoms with Crippen molar-refractivity contribution in [3.8, 4) is 0 Å². The average molecular weight is 365 g/mol. The van der Waals surface area contributed by atoms with Gasteiger partial charge < -0.3 is 28.4 Å². The van der Waals surface area contributed by atoms with E-state index in [9.17, 15) is 9.59 Å². The summed E-state index contributed by atoms with van der Waals surface area (Å²) in [6, 6.07) is 0. The second-order valence-electron chi connectivity index (χ2n) is 2.49. The maximum atomic E-state index is 9.26. The molecule has 8 heteroatoms. The predicted molar refractivity (Wildman–Crippen MR) is 100 cm³/mol. The zero-order valence-corrected chi connectivity index (χ0v) is 13.2. The zero-order valence-electron chi connectivity index (χ0n) is 13.2. The Morgan fingerprint density at radius 2 is 0.792 bits per heavy atom. The molecule has 0 unspecified atom stereocenters. The summed E-state index contributed by atoms with van der Waals surface area (Å²) in [4.78, 5) is 18.5. The minimum atomic E-state index is 0. The van der Waals surface area contributed by atoms with E-state index in [0.29, 0.717) is 12.9 Å². The van der Waals surface area contributed by atoms with Gasteiger partial charge in [-0.05, 0) is 13.8 Å². The predicted octanol–water partition coefficient (Wildman–Crippen LogP) is 3.38. The molecule has 0 amide bonds. The van der Waals surface area contributed by atoms with Gasteiger partial charge in [-0.3, -0.25) is 9.59 Å². The van der Waals surface area contributed by atoms with E-state index in [1.807, 2.05) is 13.8 Å². The fourth-order valence-electron chi connectivity index (χ4n) is 0.192. The lowest BCUT2D eigenvalue weighted by Gasteiger charge is -1.89. The Labute approximate surface area is 150 Å². The van der Waals surface area contributed by atoms with E-state index in [4.69, 9.17) is 0 Å². The van der Waals surface area contributed by atoms with Gasteiger partial charge in [0.2, 0.25) is 0 Å². The van der Waals surface area contributed by atoms with Crippen LogP contribution in [0.15, 0.2) is 0 Å². The van der Waals surface area contributed by atoms with Crippen LogP contribution in [-0.4, -0.2) is 68.2 Å². The number of hydrogen-bond donors (Lipinski definition) is 0. The van der Waals surface area contributed by atoms with Crippen molar-refractivity contribution in [2.75, 3.05) is 55.2 Å². The van der Waals surface area contributed by atoms with E-state index in [2.05, 4.69) is 28.4 Å². The molecular weight excluding hydrogens is 320 g/mol. The quantitative estimate of drug-likeness (QED) is 0.368. The average Bonchev–Trinajstić information content (AvgIpc) is 2.51. The highest BCUT2D eigenvalue weighted by molar-refractivity contribution is 5.36. The second-order valence-corrected chi connectivity index (χ2v) is 2.49. The summed E-state index contributed by atoms with van der Waals surface area (Å²) in [5.74, 6) is 0. The molecule has 0 aromatic heterocycles. The third-order valence-corrected chi connectivity index (χ3v) is 1.09. The molecule has 0 aliphatic heterocycles. The lowest BCUT2D eigenvalue weighted by atomic mass is 10.9. The van der Waals surface area contributed by atoms with Gasteiger partial charge in [-0.1, -0.05) is 29.7 Å². The molecule has 0 aromatic carbocycles. The second kappa shape index (κ2) is 80.9. The van der Waals surface area contributed by atoms with Gasteiger partial charge in [0.15, 0.2) is 13.6 Å². The summed E-state index contributed by atoms with van der Waals surface area (Å²) < 4.78 is 25.9. The molecular formula is C16H44O8. The lowest BCUT2D eigenvalue weighted by Crippen LogP contribution is -1.91. The number of ether oxygens (including phenoxy) is 6. The van der Waals surface area contributed by atoms with E-state index in [-0.39, 0.29) is 43.3 Å². The summed E-state index contributed by atoms with van der Waals surface area (Å²) in [7, 11) is 6.26. The van der Waals surface area contributed by atoms with Crippen molar-refractivity contribution in [2.24, 2.45) is 0 Å². The summed E-state index contributed by atoms with van der Waals surface area (Å²) in [6.45, 7) is 6.32. The van der Waals surface area contributed by atoms with Gasteiger partial charge in [0, 0.05) is 41.7 Å². The standard InChI is InChI=1S/2C3H6O3.2C3H8O.4CH4/c2*1-5-3-6-2-4;2*1-3-4-2;;;;/h2*2H,3H2,1H3;2*3H2,1-2H3;4*1H4. The Bertz CT molecular complexity index is 126. The topological polar surface area (TPSA) is 89.5 Å². The monoisotopic (exact) mass is 364 g/mol. The third kappa shape index (κ3) is 177. The number of carbonyl (C=O) groups excluding carboxylic acids is 2. The van der Waals surface area contributed by atoms with Crippen LogP contribution in [-0.2, 0) is 38.0 Å². The number of carbonyl (C=O) groups is 2. The smallest absolute Gasteiger partial charge is 0.295 e. The zero-order chi connectivity index (χ0) is 16.5. The number of methoxy groups -OCH3 is 4. The Balaban J connectivity index is -0.0000000228. The highest BCUT2D eigenvalue weighted by Crippen LogP contribution is 1.62. The van der Waals surface area contributed by atoms with Crippen LogP contribution in [0.25, 0.3) is 0 Å². The minimum absolute atomic E-state index is 0. The molecule has 0 heterocycles. The van der Waals surface area contributed by atoms with Crippen molar-refractivity contribution in [1.29, 1.82) is 0 Å². The van der Waals surface area contributed by atoms with Gasteiger partial charge in [0.05, 0.1) is 0 Å².